The van der Waals surface area contributed by atoms with Crippen molar-refractivity contribution in [2.45, 2.75) is 24.3 Å². The fourth-order valence-corrected chi connectivity index (χ4v) is 3.10. The lowest BCUT2D eigenvalue weighted by Gasteiger charge is -2.29. The summed E-state index contributed by atoms with van der Waals surface area (Å²) in [7, 11) is -3.09. The number of hydrogen-bond acceptors (Lipinski definition) is 4. The van der Waals surface area contributed by atoms with E-state index in [4.69, 9.17) is 0 Å². The van der Waals surface area contributed by atoms with Crippen LogP contribution in [0, 0.1) is 0 Å². The zero-order valence-electron chi connectivity index (χ0n) is 9.94. The molecule has 2 N–H and O–H groups in total. The first-order chi connectivity index (χ1) is 8.12. The highest BCUT2D eigenvalue weighted by molar-refractivity contribution is 7.91. The summed E-state index contributed by atoms with van der Waals surface area (Å²) in [6, 6.07) is 7.49. The number of nitrogens with one attached hydrogen (secondary N) is 2. The molecule has 0 radical (unpaired) electrons. The van der Waals surface area contributed by atoms with Crippen LogP contribution in [0.25, 0.3) is 0 Å². The zero-order valence-corrected chi connectivity index (χ0v) is 10.8. The molecule has 4 nitrogen and oxygen atoms in total. The van der Waals surface area contributed by atoms with Crippen LogP contribution in [0.5, 0.6) is 0 Å². The smallest absolute Gasteiger partial charge is 0.178 e. The number of anilines is 1. The molecule has 0 saturated carbocycles. The van der Waals surface area contributed by atoms with Crippen molar-refractivity contribution in [2.75, 3.05) is 24.2 Å². The first-order valence-corrected chi connectivity index (χ1v) is 7.57. The Kier molecular flexibility index (Phi) is 3.69. The van der Waals surface area contributed by atoms with Gasteiger partial charge in [0.1, 0.15) is 0 Å². The molecular weight excluding hydrogens is 236 g/mol. The Labute approximate surface area is 102 Å². The maximum absolute atomic E-state index is 11.8. The van der Waals surface area contributed by atoms with Crippen LogP contribution in [0.4, 0.5) is 5.69 Å². The Hall–Kier alpha value is -1.07. The summed E-state index contributed by atoms with van der Waals surface area (Å²) in [6.45, 7) is 3.81. The van der Waals surface area contributed by atoms with Gasteiger partial charge in [-0.25, -0.2) is 8.42 Å². The lowest BCUT2D eigenvalue weighted by molar-refractivity contribution is 0.472. The first kappa shape index (κ1) is 12.4. The third-order valence-corrected chi connectivity index (χ3v) is 4.77. The van der Waals surface area contributed by atoms with Crippen molar-refractivity contribution >= 4 is 15.5 Å². The summed E-state index contributed by atoms with van der Waals surface area (Å²) in [5.74, 6) is 0.215. The summed E-state index contributed by atoms with van der Waals surface area (Å²) < 4.78 is 23.6. The average Bonchev–Trinajstić information content (AvgIpc) is 2.24. The topological polar surface area (TPSA) is 58.2 Å². The summed E-state index contributed by atoms with van der Waals surface area (Å²) in [5.41, 5.74) is 0.979. The molecule has 0 atom stereocenters. The Balaban J connectivity index is 2.06. The summed E-state index contributed by atoms with van der Waals surface area (Å²) in [4.78, 5) is 0.414. The quantitative estimate of drug-likeness (QED) is 0.830. The molecule has 2 rings (SSSR count). The van der Waals surface area contributed by atoms with Crippen LogP contribution in [-0.4, -0.2) is 33.3 Å². The molecule has 1 aromatic rings. The Morgan fingerprint density at radius 2 is 1.94 bits per heavy atom. The molecule has 1 aliphatic rings. The minimum Gasteiger partial charge on any atom is -0.380 e. The summed E-state index contributed by atoms with van der Waals surface area (Å²) >= 11 is 0. The maximum atomic E-state index is 11.8. The molecule has 0 spiro atoms. The van der Waals surface area contributed by atoms with E-state index in [2.05, 4.69) is 10.6 Å². The molecule has 94 valence electrons. The molecule has 1 heterocycles. The Bertz CT molecular complexity index is 464. The van der Waals surface area contributed by atoms with E-state index in [1.54, 1.807) is 12.1 Å². The van der Waals surface area contributed by atoms with E-state index in [0.29, 0.717) is 17.4 Å². The van der Waals surface area contributed by atoms with Crippen molar-refractivity contribution in [3.8, 4) is 0 Å². The van der Waals surface area contributed by atoms with Gasteiger partial charge in [-0.2, -0.15) is 0 Å². The second kappa shape index (κ2) is 5.06. The van der Waals surface area contributed by atoms with Crippen molar-refractivity contribution < 1.29 is 8.42 Å². The standard InChI is InChI=1S/C12H18N2O2S/c1-2-7-17(15,16)12-5-3-10(4-6-12)14-11-8-13-9-11/h3-6,11,13-14H,2,7-9H2,1H3. The van der Waals surface area contributed by atoms with Gasteiger partial charge in [0.2, 0.25) is 0 Å². The zero-order chi connectivity index (χ0) is 12.3. The predicted molar refractivity (Wildman–Crippen MR) is 69.1 cm³/mol. The van der Waals surface area contributed by atoms with Crippen molar-refractivity contribution in [3.05, 3.63) is 24.3 Å². The monoisotopic (exact) mass is 254 g/mol. The normalized spacial score (nSPS) is 16.5. The van der Waals surface area contributed by atoms with Gasteiger partial charge in [-0.1, -0.05) is 6.92 Å². The number of rotatable bonds is 5. The van der Waals surface area contributed by atoms with Crippen LogP contribution in [0.2, 0.25) is 0 Å². The average molecular weight is 254 g/mol. The molecule has 1 saturated heterocycles. The number of benzene rings is 1. The predicted octanol–water partition coefficient (Wildman–Crippen LogP) is 1.25. The van der Waals surface area contributed by atoms with Crippen molar-refractivity contribution in [2.24, 2.45) is 0 Å². The van der Waals surface area contributed by atoms with Crippen molar-refractivity contribution in [1.29, 1.82) is 0 Å². The van der Waals surface area contributed by atoms with Gasteiger partial charge in [-0.05, 0) is 30.7 Å². The fourth-order valence-electron chi connectivity index (χ4n) is 1.77. The molecule has 1 fully saturated rings. The van der Waals surface area contributed by atoms with Crippen LogP contribution in [0.3, 0.4) is 0 Å². The highest BCUT2D eigenvalue weighted by Crippen LogP contribution is 2.17. The van der Waals surface area contributed by atoms with Crippen molar-refractivity contribution in [1.82, 2.24) is 5.32 Å². The Morgan fingerprint density at radius 1 is 1.29 bits per heavy atom. The molecule has 1 aliphatic heterocycles. The van der Waals surface area contributed by atoms with Gasteiger partial charge in [0.15, 0.2) is 9.84 Å². The molecule has 0 unspecified atom stereocenters. The third-order valence-electron chi connectivity index (χ3n) is 2.84. The maximum Gasteiger partial charge on any atom is 0.178 e. The largest absolute Gasteiger partial charge is 0.380 e. The second-order valence-electron chi connectivity index (χ2n) is 4.34. The number of sulfone groups is 1. The highest BCUT2D eigenvalue weighted by Gasteiger charge is 2.16. The highest BCUT2D eigenvalue weighted by atomic mass is 32.2. The van der Waals surface area contributed by atoms with Gasteiger partial charge in [0.05, 0.1) is 16.7 Å². The molecule has 17 heavy (non-hydrogen) atoms. The van der Waals surface area contributed by atoms with E-state index in [0.717, 1.165) is 18.8 Å². The van der Waals surface area contributed by atoms with Gasteiger partial charge in [-0.3, -0.25) is 0 Å². The van der Waals surface area contributed by atoms with E-state index in [-0.39, 0.29) is 5.75 Å². The van der Waals surface area contributed by atoms with Gasteiger partial charge in [0, 0.05) is 18.8 Å². The Morgan fingerprint density at radius 3 is 2.41 bits per heavy atom. The van der Waals surface area contributed by atoms with Crippen LogP contribution in [0.1, 0.15) is 13.3 Å². The summed E-state index contributed by atoms with van der Waals surface area (Å²) in [5, 5.41) is 6.51. The van der Waals surface area contributed by atoms with Crippen LogP contribution in [-0.2, 0) is 9.84 Å². The van der Waals surface area contributed by atoms with E-state index in [1.807, 2.05) is 19.1 Å². The van der Waals surface area contributed by atoms with Gasteiger partial charge < -0.3 is 10.6 Å². The minimum atomic E-state index is -3.09. The van der Waals surface area contributed by atoms with Crippen LogP contribution >= 0.6 is 0 Å². The lowest BCUT2D eigenvalue weighted by Crippen LogP contribution is -2.51. The first-order valence-electron chi connectivity index (χ1n) is 5.92. The van der Waals surface area contributed by atoms with Gasteiger partial charge in [-0.15, -0.1) is 0 Å². The molecule has 1 aromatic carbocycles. The molecule has 0 aliphatic carbocycles. The molecular formula is C12H18N2O2S. The van der Waals surface area contributed by atoms with Crippen LogP contribution in [0.15, 0.2) is 29.2 Å². The molecule has 0 aromatic heterocycles. The van der Waals surface area contributed by atoms with E-state index in [9.17, 15) is 8.42 Å². The molecule has 5 heteroatoms. The van der Waals surface area contributed by atoms with Crippen LogP contribution < -0.4 is 10.6 Å². The SMILES string of the molecule is CCCS(=O)(=O)c1ccc(NC2CNC2)cc1. The van der Waals surface area contributed by atoms with Gasteiger partial charge in [0.25, 0.3) is 0 Å². The molecule has 0 bridgehead atoms. The minimum absolute atomic E-state index is 0.215. The van der Waals surface area contributed by atoms with E-state index >= 15 is 0 Å². The summed E-state index contributed by atoms with van der Waals surface area (Å²) in [6.07, 6.45) is 0.649. The number of hydrogen-bond donors (Lipinski definition) is 2. The van der Waals surface area contributed by atoms with Gasteiger partial charge >= 0.3 is 0 Å². The third kappa shape index (κ3) is 2.98. The lowest BCUT2D eigenvalue weighted by atomic mass is 10.1. The second-order valence-corrected chi connectivity index (χ2v) is 6.45. The van der Waals surface area contributed by atoms with E-state index in [1.165, 1.54) is 0 Å². The molecule has 0 amide bonds. The fraction of sp³-hybridized carbons (Fsp3) is 0.500. The van der Waals surface area contributed by atoms with Crippen molar-refractivity contribution in [3.63, 3.8) is 0 Å². The van der Waals surface area contributed by atoms with E-state index < -0.39 is 9.84 Å².